The molecule has 0 amide bonds. The molecule has 2 rings (SSSR count). The Kier molecular flexibility index (Phi) is 6.25. The summed E-state index contributed by atoms with van der Waals surface area (Å²) in [6.07, 6.45) is 3.19. The monoisotopic (exact) mass is 352 g/mol. The van der Waals surface area contributed by atoms with E-state index >= 15 is 0 Å². The van der Waals surface area contributed by atoms with Gasteiger partial charge in [-0.05, 0) is 65.3 Å². The Morgan fingerprint density at radius 2 is 1.62 bits per heavy atom. The van der Waals surface area contributed by atoms with Gasteiger partial charge in [0.25, 0.3) is 0 Å². The summed E-state index contributed by atoms with van der Waals surface area (Å²) in [6, 6.07) is 11.9. The predicted molar refractivity (Wildman–Crippen MR) is 106 cm³/mol. The zero-order valence-electron chi connectivity index (χ0n) is 16.6. The van der Waals surface area contributed by atoms with Gasteiger partial charge in [0.05, 0.1) is 7.11 Å². The van der Waals surface area contributed by atoms with Crippen LogP contribution in [0.4, 0.5) is 0 Å². The second-order valence-corrected chi connectivity index (χ2v) is 7.55. The molecule has 0 fully saturated rings. The number of ether oxygens (including phenoxy) is 2. The number of carbonyl (C=O) groups excluding carboxylic acids is 1. The lowest BCUT2D eigenvalue weighted by Crippen LogP contribution is -2.13. The van der Waals surface area contributed by atoms with E-state index in [4.69, 9.17) is 9.47 Å². The molecule has 3 heteroatoms. The van der Waals surface area contributed by atoms with Gasteiger partial charge in [0.2, 0.25) is 0 Å². The van der Waals surface area contributed by atoms with E-state index in [1.807, 2.05) is 24.3 Å². The van der Waals surface area contributed by atoms with Gasteiger partial charge in [-0.3, -0.25) is 0 Å². The zero-order chi connectivity index (χ0) is 19.3. The minimum atomic E-state index is -0.348. The Morgan fingerprint density at radius 1 is 1.04 bits per heavy atom. The molecule has 0 aliphatic rings. The molecule has 0 aliphatic heterocycles. The highest BCUT2D eigenvalue weighted by atomic mass is 16.5. The summed E-state index contributed by atoms with van der Waals surface area (Å²) in [5.74, 6) is 0.439. The van der Waals surface area contributed by atoms with Crippen LogP contribution in [0.25, 0.3) is 6.08 Å². The first-order valence-electron chi connectivity index (χ1n) is 8.80. The number of benzene rings is 2. The molecule has 2 aromatic carbocycles. The molecule has 0 radical (unpaired) electrons. The Bertz CT molecular complexity index is 770. The minimum Gasteiger partial charge on any atom is -0.497 e. The standard InChI is InChI=1S/C23H28O3/c1-16-13-19(23(3,4)5)14-17(2)21(16)15-26-22(24)12-9-18-7-10-20(25-6)11-8-18/h7-14H,15H2,1-6H3/b12-9+. The van der Waals surface area contributed by atoms with Gasteiger partial charge in [-0.1, -0.05) is 45.0 Å². The summed E-state index contributed by atoms with van der Waals surface area (Å²) >= 11 is 0. The van der Waals surface area contributed by atoms with Crippen LogP contribution in [0.3, 0.4) is 0 Å². The van der Waals surface area contributed by atoms with E-state index in [0.717, 1.165) is 28.0 Å². The fraction of sp³-hybridized carbons (Fsp3) is 0.348. The fourth-order valence-electron chi connectivity index (χ4n) is 2.72. The summed E-state index contributed by atoms with van der Waals surface area (Å²) < 4.78 is 10.5. The van der Waals surface area contributed by atoms with Crippen molar-refractivity contribution in [1.82, 2.24) is 0 Å². The van der Waals surface area contributed by atoms with Crippen LogP contribution in [-0.2, 0) is 21.6 Å². The van der Waals surface area contributed by atoms with Gasteiger partial charge in [-0.15, -0.1) is 0 Å². The number of hydrogen-bond donors (Lipinski definition) is 0. The van der Waals surface area contributed by atoms with Gasteiger partial charge in [0, 0.05) is 6.08 Å². The van der Waals surface area contributed by atoms with Crippen LogP contribution in [-0.4, -0.2) is 13.1 Å². The lowest BCUT2D eigenvalue weighted by atomic mass is 9.84. The van der Waals surface area contributed by atoms with Gasteiger partial charge >= 0.3 is 5.97 Å². The molecule has 0 N–H and O–H groups in total. The Hall–Kier alpha value is -2.55. The van der Waals surface area contributed by atoms with Crippen molar-refractivity contribution in [3.8, 4) is 5.75 Å². The van der Waals surface area contributed by atoms with Gasteiger partial charge in [0.1, 0.15) is 12.4 Å². The molecule has 0 saturated heterocycles. The third-order valence-electron chi connectivity index (χ3n) is 4.45. The molecule has 0 heterocycles. The summed E-state index contributed by atoms with van der Waals surface area (Å²) in [5.41, 5.74) is 5.70. The van der Waals surface area contributed by atoms with Crippen molar-refractivity contribution in [3.05, 3.63) is 70.3 Å². The van der Waals surface area contributed by atoms with E-state index in [9.17, 15) is 4.79 Å². The van der Waals surface area contributed by atoms with Crippen molar-refractivity contribution >= 4 is 12.0 Å². The van der Waals surface area contributed by atoms with Gasteiger partial charge in [-0.25, -0.2) is 4.79 Å². The number of aryl methyl sites for hydroxylation is 2. The van der Waals surface area contributed by atoms with Gasteiger partial charge in [-0.2, -0.15) is 0 Å². The van der Waals surface area contributed by atoms with E-state index in [-0.39, 0.29) is 18.0 Å². The number of rotatable bonds is 5. The van der Waals surface area contributed by atoms with Crippen molar-refractivity contribution < 1.29 is 14.3 Å². The lowest BCUT2D eigenvalue weighted by molar-refractivity contribution is -0.138. The van der Waals surface area contributed by atoms with E-state index in [1.165, 1.54) is 11.6 Å². The molecule has 138 valence electrons. The number of hydrogen-bond acceptors (Lipinski definition) is 3. The smallest absolute Gasteiger partial charge is 0.331 e. The summed E-state index contributed by atoms with van der Waals surface area (Å²) in [7, 11) is 1.63. The molecule has 0 aliphatic carbocycles. The Balaban J connectivity index is 2.01. The third-order valence-corrected chi connectivity index (χ3v) is 4.45. The number of methoxy groups -OCH3 is 1. The zero-order valence-corrected chi connectivity index (χ0v) is 16.6. The first kappa shape index (κ1) is 19.8. The lowest BCUT2D eigenvalue weighted by Gasteiger charge is -2.22. The molecular formula is C23H28O3. The first-order valence-corrected chi connectivity index (χ1v) is 8.80. The average Bonchev–Trinajstić information content (AvgIpc) is 2.58. The van der Waals surface area contributed by atoms with Crippen LogP contribution >= 0.6 is 0 Å². The van der Waals surface area contributed by atoms with Crippen LogP contribution < -0.4 is 4.74 Å². The molecule has 0 saturated carbocycles. The molecule has 0 bridgehead atoms. The van der Waals surface area contributed by atoms with Crippen LogP contribution in [0.1, 0.15) is 48.6 Å². The molecule has 0 unspecified atom stereocenters. The molecule has 3 nitrogen and oxygen atoms in total. The average molecular weight is 352 g/mol. The first-order chi connectivity index (χ1) is 12.2. The highest BCUT2D eigenvalue weighted by molar-refractivity contribution is 5.87. The molecule has 0 atom stereocenters. The molecule has 26 heavy (non-hydrogen) atoms. The van der Waals surface area contributed by atoms with Crippen molar-refractivity contribution in [2.45, 2.75) is 46.6 Å². The minimum absolute atomic E-state index is 0.103. The van der Waals surface area contributed by atoms with Crippen LogP contribution in [0.2, 0.25) is 0 Å². The number of carbonyl (C=O) groups is 1. The summed E-state index contributed by atoms with van der Waals surface area (Å²) in [6.45, 7) is 11.0. The largest absolute Gasteiger partial charge is 0.497 e. The molecule has 0 spiro atoms. The molecule has 0 aromatic heterocycles. The second-order valence-electron chi connectivity index (χ2n) is 7.55. The maximum Gasteiger partial charge on any atom is 0.331 e. The topological polar surface area (TPSA) is 35.5 Å². The predicted octanol–water partition coefficient (Wildman–Crippen LogP) is 5.37. The maximum absolute atomic E-state index is 12.0. The normalized spacial score (nSPS) is 11.6. The highest BCUT2D eigenvalue weighted by Gasteiger charge is 2.16. The van der Waals surface area contributed by atoms with Gasteiger partial charge in [0.15, 0.2) is 0 Å². The number of esters is 1. The van der Waals surface area contributed by atoms with Crippen LogP contribution in [0, 0.1) is 13.8 Å². The van der Waals surface area contributed by atoms with Crippen molar-refractivity contribution in [2.24, 2.45) is 0 Å². The molecular weight excluding hydrogens is 324 g/mol. The van der Waals surface area contributed by atoms with Crippen molar-refractivity contribution in [1.29, 1.82) is 0 Å². The molecule has 2 aromatic rings. The van der Waals surface area contributed by atoms with E-state index in [2.05, 4.69) is 46.8 Å². The summed E-state index contributed by atoms with van der Waals surface area (Å²) in [5, 5.41) is 0. The summed E-state index contributed by atoms with van der Waals surface area (Å²) in [4.78, 5) is 12.0. The quantitative estimate of drug-likeness (QED) is 0.536. The van der Waals surface area contributed by atoms with Crippen molar-refractivity contribution in [3.63, 3.8) is 0 Å². The maximum atomic E-state index is 12.0. The van der Waals surface area contributed by atoms with Gasteiger partial charge < -0.3 is 9.47 Å². The Morgan fingerprint density at radius 3 is 2.12 bits per heavy atom. The van der Waals surface area contributed by atoms with E-state index < -0.39 is 0 Å². The van der Waals surface area contributed by atoms with Crippen LogP contribution in [0.15, 0.2) is 42.5 Å². The fourth-order valence-corrected chi connectivity index (χ4v) is 2.72. The van der Waals surface area contributed by atoms with Crippen LogP contribution in [0.5, 0.6) is 5.75 Å². The van der Waals surface area contributed by atoms with E-state index in [1.54, 1.807) is 13.2 Å². The highest BCUT2D eigenvalue weighted by Crippen LogP contribution is 2.27. The Labute approximate surface area is 156 Å². The SMILES string of the molecule is COc1ccc(/C=C/C(=O)OCc2c(C)cc(C(C)(C)C)cc2C)cc1. The van der Waals surface area contributed by atoms with E-state index in [0.29, 0.717) is 0 Å². The second kappa shape index (κ2) is 8.22. The third kappa shape index (κ3) is 5.22. The van der Waals surface area contributed by atoms with Crippen molar-refractivity contribution in [2.75, 3.05) is 7.11 Å².